The molecule has 1 fully saturated rings. The van der Waals surface area contributed by atoms with E-state index in [2.05, 4.69) is 95.7 Å². The highest BCUT2D eigenvalue weighted by molar-refractivity contribution is 6.05. The number of nitrogens with zero attached hydrogens (tertiary/aromatic N) is 1. The van der Waals surface area contributed by atoms with Crippen LogP contribution in [0.5, 0.6) is 0 Å². The Hall–Kier alpha value is -12.5. The Morgan fingerprint density at radius 2 is 0.781 bits per heavy atom. The molecule has 46 heteroatoms. The van der Waals surface area contributed by atoms with E-state index in [1.807, 2.05) is 0 Å². The van der Waals surface area contributed by atoms with Crippen molar-refractivity contribution in [3.8, 4) is 0 Å². The molecule has 1 aliphatic rings. The topological polar surface area (TPSA) is 708 Å². The zero-order valence-corrected chi connectivity index (χ0v) is 83.7. The lowest BCUT2D eigenvalue weighted by atomic mass is 9.93. The molecular weight excluding hydrogens is 1790 g/mol. The summed E-state index contributed by atoms with van der Waals surface area (Å²) in [5.74, 6) is -21.4. The molecular formula is C91H151N21O25. The number of hydrogen-bond acceptors (Lipinski definition) is 24. The molecule has 2 rings (SSSR count). The van der Waals surface area contributed by atoms with Crippen LogP contribution in [0.1, 0.15) is 256 Å². The highest BCUT2D eigenvalue weighted by Crippen LogP contribution is 2.25. The number of nitrogens with two attached hydrogens (primary N) is 2. The third-order valence-corrected chi connectivity index (χ3v) is 23.0. The van der Waals surface area contributed by atoms with Gasteiger partial charge < -0.3 is 127 Å². The molecule has 1 aromatic carbocycles. The first kappa shape index (κ1) is 121. The Kier molecular flexibility index (Phi) is 45.9. The summed E-state index contributed by atoms with van der Waals surface area (Å²) in [7, 11) is 0. The van der Waals surface area contributed by atoms with Crippen LogP contribution in [0.25, 0.3) is 0 Å². The maximum absolute atomic E-state index is 14.7. The maximum atomic E-state index is 14.7. The fraction of sp³-hybridized carbons (Fsp3) is 0.692. The molecule has 0 saturated carbocycles. The van der Waals surface area contributed by atoms with Crippen LogP contribution in [0, 0.1) is 17.8 Å². The fourth-order valence-electron chi connectivity index (χ4n) is 13.9. The van der Waals surface area contributed by atoms with Gasteiger partial charge in [0.2, 0.25) is 124 Å². The standard InChI is InChI=1S/C91H151N21O25/c1-26-49(7)65(75(129)98-56(37-40-64(118)119)69(123)97-55(35-38-62(92)116)68(122)96-54(45-113)44-53-32-29-28-30-33-53)103-78(132)85(13,14)107-72(126)59(43-48(5)6)100-74(128)61-34-31-41-112(61)83(137)90(23,24)108-73(127)58(42-47(3)4)99-70(124)60(46-114)102-77(131)86(15,16)109-80(134)89(21,22)110-79(133)87(17,18)106-71(125)57(36-39-63(93)117)101-82(136)91(25,27-2)111-81(135)88(19,20)105-67(121)51(9)94-66(120)50(8)95-76(130)84(11,12)104-52(10)115/h28-30,32-33,47-51,54-61,65,113-114H,26-27,31,34-46H2,1-25H3,(H2,92,116)(H2,93,117)(H,94,120)(H,95,130)(H,96,122)(H,97,123)(H,98,129)(H,99,124)(H,100,128)(H,101,136)(H,102,131)(H,103,132)(H,104,115)(H,105,121)(H,106,125)(H,107,126)(H,108,127)(H,109,134)(H,110,133)(H,111,135)(H,118,119). The van der Waals surface area contributed by atoms with Crippen molar-refractivity contribution in [3.05, 3.63) is 35.9 Å². The van der Waals surface area contributed by atoms with Gasteiger partial charge in [0.05, 0.1) is 19.3 Å². The van der Waals surface area contributed by atoms with Crippen LogP contribution in [0.3, 0.4) is 0 Å². The Morgan fingerprint density at radius 3 is 1.25 bits per heavy atom. The summed E-state index contributed by atoms with van der Waals surface area (Å²) < 4.78 is 0. The lowest BCUT2D eigenvalue weighted by Gasteiger charge is -2.36. The SMILES string of the molecule is CCC(C)C(NC(=O)C(C)(C)NC(=O)C(CC(C)C)NC(=O)C1CCCN1C(=O)C(C)(C)NC(=O)C(CC(C)C)NC(=O)C(CO)NC(=O)C(C)(C)NC(=O)C(C)(C)NC(=O)C(C)(C)NC(=O)C(CCC(N)=O)NC(=O)C(C)(CC)NC(=O)C(C)(C)NC(=O)C(C)NC(=O)C(C)NC(=O)C(C)(C)NC(C)=O)C(=O)NC(CCC(=O)O)C(=O)NC(CCC(N)=O)C(=O)NC(CO)Cc1ccccc1. The van der Waals surface area contributed by atoms with E-state index in [0.29, 0.717) is 0 Å². The minimum Gasteiger partial charge on any atom is -0.481 e. The second-order valence-corrected chi connectivity index (χ2v) is 39.7. The van der Waals surface area contributed by atoms with Crippen LogP contribution in [0.15, 0.2) is 30.3 Å². The third kappa shape index (κ3) is 38.5. The molecule has 1 aliphatic heterocycles. The van der Waals surface area contributed by atoms with Crippen molar-refractivity contribution in [3.63, 3.8) is 0 Å². The van der Waals surface area contributed by atoms with Crippen LogP contribution in [0.2, 0.25) is 0 Å². The Morgan fingerprint density at radius 1 is 0.394 bits per heavy atom. The van der Waals surface area contributed by atoms with E-state index in [4.69, 9.17) is 11.5 Å². The number of likely N-dealkylation sites (tertiary alicyclic amines) is 1. The molecule has 0 bridgehead atoms. The Balaban J connectivity index is 2.27. The van der Waals surface area contributed by atoms with Crippen LogP contribution >= 0.6 is 0 Å². The van der Waals surface area contributed by atoms with Gasteiger partial charge in [0.1, 0.15) is 105 Å². The van der Waals surface area contributed by atoms with Crippen LogP contribution in [-0.2, 0) is 112 Å². The zero-order chi connectivity index (χ0) is 106. The lowest BCUT2D eigenvalue weighted by molar-refractivity contribution is -0.146. The van der Waals surface area contributed by atoms with E-state index in [-0.39, 0.29) is 69.7 Å². The smallest absolute Gasteiger partial charge is 0.303 e. The van der Waals surface area contributed by atoms with Gasteiger partial charge in [-0.1, -0.05) is 85.2 Å². The Labute approximate surface area is 800 Å². The van der Waals surface area contributed by atoms with Gasteiger partial charge in [-0.3, -0.25) is 105 Å². The van der Waals surface area contributed by atoms with Crippen molar-refractivity contribution < 1.29 is 121 Å². The minimum atomic E-state index is -1.97. The van der Waals surface area contributed by atoms with Crippen molar-refractivity contribution in [2.24, 2.45) is 29.2 Å². The molecule has 13 unspecified atom stereocenters. The first-order valence-corrected chi connectivity index (χ1v) is 45.9. The predicted octanol–water partition coefficient (Wildman–Crippen LogP) is -3.80. The van der Waals surface area contributed by atoms with Gasteiger partial charge in [-0.2, -0.15) is 0 Å². The number of aliphatic hydroxyl groups excluding tert-OH is 2. The molecule has 0 spiro atoms. The largest absolute Gasteiger partial charge is 0.481 e. The van der Waals surface area contributed by atoms with Crippen molar-refractivity contribution in [1.29, 1.82) is 0 Å². The van der Waals surface area contributed by atoms with Gasteiger partial charge in [0, 0.05) is 32.7 Å². The number of carbonyl (C=O) groups excluding carboxylic acids is 21. The molecule has 25 N–H and O–H groups in total. The van der Waals surface area contributed by atoms with E-state index >= 15 is 0 Å². The van der Waals surface area contributed by atoms with Crippen LogP contribution < -0.4 is 107 Å². The number of nitrogens with one attached hydrogen (secondary N) is 18. The summed E-state index contributed by atoms with van der Waals surface area (Å²) in [5, 5.41) is 76.0. The third-order valence-electron chi connectivity index (χ3n) is 23.0. The summed E-state index contributed by atoms with van der Waals surface area (Å²) in [4.78, 5) is 302. The van der Waals surface area contributed by atoms with Gasteiger partial charge >= 0.3 is 5.97 Å². The summed E-state index contributed by atoms with van der Waals surface area (Å²) in [6, 6.07) is -6.53. The first-order chi connectivity index (χ1) is 62.9. The van der Waals surface area contributed by atoms with Gasteiger partial charge in [0.15, 0.2) is 0 Å². The molecule has 1 aromatic rings. The van der Waals surface area contributed by atoms with Crippen molar-refractivity contribution in [1.82, 2.24) is 101 Å². The average Bonchev–Trinajstić information content (AvgIpc) is 1.69. The second kappa shape index (κ2) is 52.1. The molecule has 137 heavy (non-hydrogen) atoms. The summed E-state index contributed by atoms with van der Waals surface area (Å²) >= 11 is 0. The average molecular weight is 1940 g/mol. The number of aliphatic hydroxyl groups is 2. The first-order valence-electron chi connectivity index (χ1n) is 45.9. The van der Waals surface area contributed by atoms with Crippen molar-refractivity contribution >= 4 is 130 Å². The molecule has 46 nitrogen and oxygen atoms in total. The quantitative estimate of drug-likeness (QED) is 0.0297. The summed E-state index contributed by atoms with van der Waals surface area (Å²) in [5.41, 5.74) is -2.96. The van der Waals surface area contributed by atoms with Gasteiger partial charge in [-0.05, 0) is 199 Å². The molecule has 1 heterocycles. The van der Waals surface area contributed by atoms with Gasteiger partial charge in [-0.25, -0.2) is 0 Å². The van der Waals surface area contributed by atoms with E-state index in [1.54, 1.807) is 71.9 Å². The van der Waals surface area contributed by atoms with Crippen molar-refractivity contribution in [2.45, 2.75) is 367 Å². The number of primary amides is 2. The highest BCUT2D eigenvalue weighted by Gasteiger charge is 2.49. The van der Waals surface area contributed by atoms with Crippen LogP contribution in [-0.4, -0.2) is 281 Å². The van der Waals surface area contributed by atoms with E-state index in [0.717, 1.165) is 5.56 Å². The van der Waals surface area contributed by atoms with E-state index in [9.17, 15) is 121 Å². The number of carboxylic acid groups (broad SMARTS) is 1. The second-order valence-electron chi connectivity index (χ2n) is 39.7. The van der Waals surface area contributed by atoms with E-state index in [1.165, 1.54) is 136 Å². The van der Waals surface area contributed by atoms with E-state index < -0.39 is 292 Å². The maximum Gasteiger partial charge on any atom is 0.303 e. The molecule has 13 atom stereocenters. The summed E-state index contributed by atoms with van der Waals surface area (Å²) in [6.45, 7) is 33.5. The normalized spacial score (nSPS) is 15.9. The number of benzene rings is 1. The zero-order valence-electron chi connectivity index (χ0n) is 83.7. The molecule has 0 aliphatic carbocycles. The van der Waals surface area contributed by atoms with Crippen LogP contribution in [0.4, 0.5) is 0 Å². The minimum absolute atomic E-state index is 0.000220. The highest BCUT2D eigenvalue weighted by atomic mass is 16.4. The van der Waals surface area contributed by atoms with Gasteiger partial charge in [0.25, 0.3) is 0 Å². The molecule has 0 radical (unpaired) electrons. The van der Waals surface area contributed by atoms with Crippen molar-refractivity contribution in [2.75, 3.05) is 19.8 Å². The summed E-state index contributed by atoms with van der Waals surface area (Å²) in [6.07, 6.45) is -2.23. The predicted molar refractivity (Wildman–Crippen MR) is 500 cm³/mol. The number of aliphatic carboxylic acids is 1. The molecule has 1 saturated heterocycles. The number of rotatable bonds is 56. The lowest BCUT2D eigenvalue weighted by Crippen LogP contribution is -2.68. The molecule has 0 aromatic heterocycles. The fourth-order valence-corrected chi connectivity index (χ4v) is 13.9. The molecule has 770 valence electrons. The van der Waals surface area contributed by atoms with Gasteiger partial charge in [-0.15, -0.1) is 0 Å². The molecule has 21 amide bonds. The number of carbonyl (C=O) groups is 22. The number of carboxylic acids is 1. The number of hydrogen-bond donors (Lipinski definition) is 23. The number of amides is 21. The monoisotopic (exact) mass is 1940 g/mol. The Bertz CT molecular complexity index is 4530.